The average Bonchev–Trinajstić information content (AvgIpc) is 2.08. The van der Waals surface area contributed by atoms with Crippen molar-refractivity contribution in [2.75, 3.05) is 21.3 Å². The van der Waals surface area contributed by atoms with Gasteiger partial charge in [0.25, 0.3) is 5.97 Å². The second-order valence-corrected chi connectivity index (χ2v) is 2.12. The highest BCUT2D eigenvalue weighted by Crippen LogP contribution is 2.18. The van der Waals surface area contributed by atoms with E-state index in [4.69, 9.17) is 14.2 Å². The lowest BCUT2D eigenvalue weighted by molar-refractivity contribution is -0.354. The molecule has 0 aliphatic rings. The van der Waals surface area contributed by atoms with Crippen LogP contribution in [0, 0.1) is 0 Å². The topological polar surface area (TPSA) is 27.7 Å². The fourth-order valence-electron chi connectivity index (χ4n) is 0.835. The fourth-order valence-corrected chi connectivity index (χ4v) is 0.835. The maximum absolute atomic E-state index is 5.05. The van der Waals surface area contributed by atoms with Gasteiger partial charge in [-0.15, -0.1) is 6.58 Å². The summed E-state index contributed by atoms with van der Waals surface area (Å²) in [5.41, 5.74) is 0. The molecule has 0 saturated carbocycles. The van der Waals surface area contributed by atoms with Gasteiger partial charge in [-0.3, -0.25) is 0 Å². The zero-order chi connectivity index (χ0) is 8.74. The minimum absolute atomic E-state index is 0.653. The predicted octanol–water partition coefficient (Wildman–Crippen LogP) is 1.55. The number of ether oxygens (including phenoxy) is 3. The third-order valence-corrected chi connectivity index (χ3v) is 1.59. The molecule has 3 heteroatoms. The molecule has 0 fully saturated rings. The molecule has 0 amide bonds. The summed E-state index contributed by atoms with van der Waals surface area (Å²) in [6.07, 6.45) is 3.25. The first kappa shape index (κ1) is 10.6. The first-order valence-electron chi connectivity index (χ1n) is 3.51. The normalized spacial score (nSPS) is 11.5. The van der Waals surface area contributed by atoms with Crippen molar-refractivity contribution >= 4 is 0 Å². The molecule has 3 nitrogen and oxygen atoms in total. The van der Waals surface area contributed by atoms with Gasteiger partial charge in [0.1, 0.15) is 0 Å². The Morgan fingerprint density at radius 3 is 1.91 bits per heavy atom. The number of hydrogen-bond donors (Lipinski definition) is 0. The molecule has 0 rings (SSSR count). The molecule has 11 heavy (non-hydrogen) atoms. The second kappa shape index (κ2) is 5.29. The van der Waals surface area contributed by atoms with Crippen LogP contribution in [0.5, 0.6) is 0 Å². The molecule has 0 aromatic heterocycles. The van der Waals surface area contributed by atoms with Gasteiger partial charge in [-0.1, -0.05) is 6.08 Å². The summed E-state index contributed by atoms with van der Waals surface area (Å²) in [6, 6.07) is 0. The quantitative estimate of drug-likeness (QED) is 0.436. The third-order valence-electron chi connectivity index (χ3n) is 1.59. The van der Waals surface area contributed by atoms with Crippen molar-refractivity contribution in [2.45, 2.75) is 18.8 Å². The molecule has 0 aliphatic heterocycles. The van der Waals surface area contributed by atoms with Gasteiger partial charge in [-0.2, -0.15) is 0 Å². The van der Waals surface area contributed by atoms with Crippen molar-refractivity contribution in [1.29, 1.82) is 0 Å². The van der Waals surface area contributed by atoms with Crippen molar-refractivity contribution in [3.8, 4) is 0 Å². The van der Waals surface area contributed by atoms with Crippen molar-refractivity contribution in [3.05, 3.63) is 12.7 Å². The van der Waals surface area contributed by atoms with Crippen LogP contribution >= 0.6 is 0 Å². The molecule has 0 unspecified atom stereocenters. The molecule has 0 spiro atoms. The standard InChI is InChI=1S/C8H16O3/c1-5-6-7-8(9-2,10-3)11-4/h5H,1,6-7H2,2-4H3. The molecular formula is C8H16O3. The van der Waals surface area contributed by atoms with Crippen LogP contribution in [-0.4, -0.2) is 27.3 Å². The highest BCUT2D eigenvalue weighted by molar-refractivity contribution is 4.69. The Morgan fingerprint density at radius 2 is 1.64 bits per heavy atom. The highest BCUT2D eigenvalue weighted by atomic mass is 16.9. The maximum atomic E-state index is 5.05. The van der Waals surface area contributed by atoms with Gasteiger partial charge < -0.3 is 14.2 Å². The van der Waals surface area contributed by atoms with Crippen LogP contribution in [0.15, 0.2) is 12.7 Å². The summed E-state index contributed by atoms with van der Waals surface area (Å²) in [6.45, 7) is 3.60. The van der Waals surface area contributed by atoms with Gasteiger partial charge in [0.2, 0.25) is 0 Å². The molecule has 0 heterocycles. The molecule has 66 valence electrons. The summed E-state index contributed by atoms with van der Waals surface area (Å²) >= 11 is 0. The lowest BCUT2D eigenvalue weighted by Crippen LogP contribution is -2.35. The molecule has 0 N–H and O–H groups in total. The molecular weight excluding hydrogens is 144 g/mol. The van der Waals surface area contributed by atoms with Crippen LogP contribution in [0.2, 0.25) is 0 Å². The van der Waals surface area contributed by atoms with E-state index in [2.05, 4.69) is 6.58 Å². The van der Waals surface area contributed by atoms with E-state index in [1.165, 1.54) is 0 Å². The third kappa shape index (κ3) is 3.01. The molecule has 0 aliphatic carbocycles. The fraction of sp³-hybridized carbons (Fsp3) is 0.750. The van der Waals surface area contributed by atoms with Gasteiger partial charge in [0, 0.05) is 27.8 Å². The second-order valence-electron chi connectivity index (χ2n) is 2.12. The Balaban J connectivity index is 3.93. The SMILES string of the molecule is C=CCCC(OC)(OC)OC. The highest BCUT2D eigenvalue weighted by Gasteiger charge is 2.27. The lowest BCUT2D eigenvalue weighted by Gasteiger charge is -2.28. The number of hydrogen-bond acceptors (Lipinski definition) is 3. The average molecular weight is 160 g/mol. The van der Waals surface area contributed by atoms with Crippen LogP contribution in [0.25, 0.3) is 0 Å². The summed E-state index contributed by atoms with van der Waals surface area (Å²) < 4.78 is 15.1. The van der Waals surface area contributed by atoms with Crippen molar-refractivity contribution in [1.82, 2.24) is 0 Å². The molecule has 0 atom stereocenters. The lowest BCUT2D eigenvalue weighted by atomic mass is 10.2. The van der Waals surface area contributed by atoms with E-state index < -0.39 is 5.97 Å². The van der Waals surface area contributed by atoms with E-state index in [9.17, 15) is 0 Å². The van der Waals surface area contributed by atoms with Crippen LogP contribution in [0.3, 0.4) is 0 Å². The van der Waals surface area contributed by atoms with E-state index in [0.29, 0.717) is 6.42 Å². The number of rotatable bonds is 6. The number of allylic oxidation sites excluding steroid dienone is 1. The van der Waals surface area contributed by atoms with E-state index in [-0.39, 0.29) is 0 Å². The largest absolute Gasteiger partial charge is 0.331 e. The van der Waals surface area contributed by atoms with Gasteiger partial charge >= 0.3 is 0 Å². The molecule has 0 saturated heterocycles. The zero-order valence-corrected chi connectivity index (χ0v) is 7.42. The van der Waals surface area contributed by atoms with Crippen molar-refractivity contribution in [3.63, 3.8) is 0 Å². The molecule has 0 bridgehead atoms. The Hall–Kier alpha value is -0.380. The number of methoxy groups -OCH3 is 3. The summed E-state index contributed by atoms with van der Waals surface area (Å²) in [5.74, 6) is -0.895. The van der Waals surface area contributed by atoms with E-state index in [1.807, 2.05) is 0 Å². The van der Waals surface area contributed by atoms with Crippen molar-refractivity contribution < 1.29 is 14.2 Å². The van der Waals surface area contributed by atoms with Gasteiger partial charge in [-0.25, -0.2) is 0 Å². The molecule has 0 radical (unpaired) electrons. The minimum atomic E-state index is -0.895. The van der Waals surface area contributed by atoms with Crippen molar-refractivity contribution in [2.24, 2.45) is 0 Å². The Kier molecular flexibility index (Phi) is 5.11. The van der Waals surface area contributed by atoms with Gasteiger partial charge in [0.15, 0.2) is 0 Å². The van der Waals surface area contributed by atoms with Crippen LogP contribution in [-0.2, 0) is 14.2 Å². The van der Waals surface area contributed by atoms with Crippen LogP contribution in [0.4, 0.5) is 0 Å². The predicted molar refractivity (Wildman–Crippen MR) is 43.2 cm³/mol. The van der Waals surface area contributed by atoms with Crippen LogP contribution in [0.1, 0.15) is 12.8 Å². The van der Waals surface area contributed by atoms with E-state index >= 15 is 0 Å². The minimum Gasteiger partial charge on any atom is -0.331 e. The summed E-state index contributed by atoms with van der Waals surface area (Å²) in [4.78, 5) is 0. The molecule has 0 aromatic rings. The zero-order valence-electron chi connectivity index (χ0n) is 7.42. The summed E-state index contributed by atoms with van der Waals surface area (Å²) in [7, 11) is 4.66. The summed E-state index contributed by atoms with van der Waals surface area (Å²) in [5, 5.41) is 0. The monoisotopic (exact) mass is 160 g/mol. The Morgan fingerprint density at radius 1 is 1.18 bits per heavy atom. The Labute approximate surface area is 67.9 Å². The smallest absolute Gasteiger partial charge is 0.282 e. The maximum Gasteiger partial charge on any atom is 0.282 e. The molecule has 0 aromatic carbocycles. The van der Waals surface area contributed by atoms with Gasteiger partial charge in [-0.05, 0) is 6.42 Å². The van der Waals surface area contributed by atoms with E-state index in [1.54, 1.807) is 27.4 Å². The van der Waals surface area contributed by atoms with E-state index in [0.717, 1.165) is 6.42 Å². The first-order valence-corrected chi connectivity index (χ1v) is 3.51. The van der Waals surface area contributed by atoms with Crippen LogP contribution < -0.4 is 0 Å². The van der Waals surface area contributed by atoms with Gasteiger partial charge in [0.05, 0.1) is 0 Å². The first-order chi connectivity index (χ1) is 5.24. The Bertz CT molecular complexity index is 99.6.